The van der Waals surface area contributed by atoms with Crippen LogP contribution in [0.3, 0.4) is 0 Å². The molecule has 2 aliphatic rings. The molecule has 3 aromatic rings. The standard InChI is InChI=1S/C32H26ClF3N2O5/c1-42-30(40)25-22(17-8-4-3-5-9-17)16-23-26(28(25)39)24(18-10-6-12-20(33)14-18)27(31(41)43-2)29(37)38(23)21-13-7-11-19(15-21)32(34,35)36/h3-15,22,24-25H,16,37H2,1-2H3/t22-,24-,25-/m1/s1. The van der Waals surface area contributed by atoms with Gasteiger partial charge in [0.05, 0.1) is 31.3 Å². The fourth-order valence-corrected chi connectivity index (χ4v) is 6.08. The van der Waals surface area contributed by atoms with Gasteiger partial charge in [-0.05, 0) is 47.9 Å². The molecule has 0 fully saturated rings. The molecule has 5 rings (SSSR count). The summed E-state index contributed by atoms with van der Waals surface area (Å²) in [5.41, 5.74) is 6.80. The summed E-state index contributed by atoms with van der Waals surface area (Å²) in [7, 11) is 2.30. The molecule has 0 saturated carbocycles. The Bertz CT molecular complexity index is 1670. The summed E-state index contributed by atoms with van der Waals surface area (Å²) in [5.74, 6) is -5.76. The van der Waals surface area contributed by atoms with Gasteiger partial charge in [0.15, 0.2) is 5.78 Å². The lowest BCUT2D eigenvalue weighted by Crippen LogP contribution is -2.46. The van der Waals surface area contributed by atoms with E-state index < -0.39 is 47.2 Å². The Labute approximate surface area is 250 Å². The van der Waals surface area contributed by atoms with E-state index in [1.165, 1.54) is 24.1 Å². The zero-order chi connectivity index (χ0) is 31.1. The highest BCUT2D eigenvalue weighted by atomic mass is 35.5. The van der Waals surface area contributed by atoms with Gasteiger partial charge in [0.2, 0.25) is 0 Å². The summed E-state index contributed by atoms with van der Waals surface area (Å²) in [5, 5.41) is 0.303. The summed E-state index contributed by atoms with van der Waals surface area (Å²) in [6, 6.07) is 19.6. The Hall–Kier alpha value is -4.57. The fraction of sp³-hybridized carbons (Fsp3) is 0.219. The van der Waals surface area contributed by atoms with Crippen molar-refractivity contribution in [1.82, 2.24) is 0 Å². The Morgan fingerprint density at radius 2 is 1.60 bits per heavy atom. The number of anilines is 1. The van der Waals surface area contributed by atoms with Crippen LogP contribution < -0.4 is 10.6 Å². The number of carbonyl (C=O) groups excluding carboxylic acids is 3. The lowest BCUT2D eigenvalue weighted by atomic mass is 9.67. The second kappa shape index (κ2) is 11.6. The Morgan fingerprint density at radius 1 is 0.930 bits per heavy atom. The van der Waals surface area contributed by atoms with Crippen molar-refractivity contribution >= 4 is 35.0 Å². The Balaban J connectivity index is 1.85. The zero-order valence-electron chi connectivity index (χ0n) is 23.0. The van der Waals surface area contributed by atoms with Crippen LogP contribution in [0.1, 0.15) is 34.9 Å². The summed E-state index contributed by atoms with van der Waals surface area (Å²) in [4.78, 5) is 42.4. The van der Waals surface area contributed by atoms with Gasteiger partial charge in [-0.1, -0.05) is 60.1 Å². The lowest BCUT2D eigenvalue weighted by Gasteiger charge is -2.44. The largest absolute Gasteiger partial charge is 0.468 e. The van der Waals surface area contributed by atoms with Crippen LogP contribution in [0, 0.1) is 5.92 Å². The minimum absolute atomic E-state index is 0.00726. The van der Waals surface area contributed by atoms with Crippen LogP contribution in [-0.4, -0.2) is 31.9 Å². The number of halogens is 4. The third-order valence-electron chi connectivity index (χ3n) is 7.74. The normalized spacial score (nSPS) is 20.6. The van der Waals surface area contributed by atoms with Crippen molar-refractivity contribution in [2.75, 3.05) is 19.1 Å². The number of allylic oxidation sites excluding steroid dienone is 2. The van der Waals surface area contributed by atoms with Gasteiger partial charge >= 0.3 is 18.1 Å². The summed E-state index contributed by atoms with van der Waals surface area (Å²) >= 11 is 6.31. The molecule has 1 aliphatic heterocycles. The number of ether oxygens (including phenoxy) is 2. The molecule has 0 unspecified atom stereocenters. The van der Waals surface area contributed by atoms with E-state index in [1.54, 1.807) is 54.6 Å². The van der Waals surface area contributed by atoms with Gasteiger partial charge in [-0.15, -0.1) is 0 Å². The number of hydrogen-bond donors (Lipinski definition) is 1. The second-order valence-corrected chi connectivity index (χ2v) is 10.5. The summed E-state index contributed by atoms with van der Waals surface area (Å²) in [6.07, 6.45) is -4.67. The number of ketones is 1. The minimum atomic E-state index is -4.68. The number of benzene rings is 3. The molecule has 0 radical (unpaired) electrons. The van der Waals surface area contributed by atoms with Crippen molar-refractivity contribution in [3.63, 3.8) is 0 Å². The first-order valence-corrected chi connectivity index (χ1v) is 13.6. The number of alkyl halides is 3. The van der Waals surface area contributed by atoms with E-state index in [0.29, 0.717) is 16.1 Å². The molecule has 0 amide bonds. The molecule has 1 aliphatic carbocycles. The first-order valence-electron chi connectivity index (χ1n) is 13.2. The van der Waals surface area contributed by atoms with Crippen LogP contribution in [-0.2, 0) is 30.0 Å². The topological polar surface area (TPSA) is 98.9 Å². The first-order chi connectivity index (χ1) is 20.5. The number of rotatable bonds is 5. The van der Waals surface area contributed by atoms with Gasteiger partial charge in [-0.3, -0.25) is 14.5 Å². The maximum Gasteiger partial charge on any atom is 0.416 e. The zero-order valence-corrected chi connectivity index (χ0v) is 23.8. The van der Waals surface area contributed by atoms with Gasteiger partial charge in [0.25, 0.3) is 0 Å². The fourth-order valence-electron chi connectivity index (χ4n) is 5.88. The predicted octanol–water partition coefficient (Wildman–Crippen LogP) is 6.11. The van der Waals surface area contributed by atoms with Gasteiger partial charge in [-0.25, -0.2) is 4.79 Å². The second-order valence-electron chi connectivity index (χ2n) is 10.1. The van der Waals surface area contributed by atoms with Gasteiger partial charge < -0.3 is 15.2 Å². The van der Waals surface area contributed by atoms with Crippen molar-refractivity contribution in [3.05, 3.63) is 123 Å². The molecule has 11 heteroatoms. The quantitative estimate of drug-likeness (QED) is 0.275. The molecule has 0 spiro atoms. The molecule has 0 bridgehead atoms. The highest BCUT2D eigenvalue weighted by Crippen LogP contribution is 2.52. The Morgan fingerprint density at radius 3 is 2.23 bits per heavy atom. The van der Waals surface area contributed by atoms with Gasteiger partial charge in [0.1, 0.15) is 11.7 Å². The molecule has 222 valence electrons. The summed E-state index contributed by atoms with van der Waals surface area (Å²) in [6.45, 7) is 0. The van der Waals surface area contributed by atoms with Crippen molar-refractivity contribution in [1.29, 1.82) is 0 Å². The highest BCUT2D eigenvalue weighted by Gasteiger charge is 2.51. The highest BCUT2D eigenvalue weighted by molar-refractivity contribution is 6.30. The van der Waals surface area contributed by atoms with Crippen LogP contribution in [0.5, 0.6) is 0 Å². The number of nitrogens with two attached hydrogens (primary N) is 1. The third kappa shape index (κ3) is 5.38. The van der Waals surface area contributed by atoms with Crippen molar-refractivity contribution in [2.45, 2.75) is 24.4 Å². The van der Waals surface area contributed by atoms with Crippen LogP contribution in [0.25, 0.3) is 0 Å². The van der Waals surface area contributed by atoms with Crippen molar-refractivity contribution in [3.8, 4) is 0 Å². The van der Waals surface area contributed by atoms with Crippen LogP contribution in [0.4, 0.5) is 18.9 Å². The maximum absolute atomic E-state index is 14.6. The van der Waals surface area contributed by atoms with Crippen LogP contribution in [0.15, 0.2) is 102 Å². The number of hydrogen-bond acceptors (Lipinski definition) is 7. The number of esters is 2. The maximum atomic E-state index is 14.6. The van der Waals surface area contributed by atoms with E-state index >= 15 is 0 Å². The van der Waals surface area contributed by atoms with Gasteiger partial charge in [0, 0.05) is 27.9 Å². The van der Waals surface area contributed by atoms with Crippen molar-refractivity contribution in [2.24, 2.45) is 11.7 Å². The first kappa shape index (κ1) is 29.9. The molecular formula is C32H26ClF3N2O5. The van der Waals surface area contributed by atoms with E-state index in [0.717, 1.165) is 19.2 Å². The molecule has 7 nitrogen and oxygen atoms in total. The predicted molar refractivity (Wildman–Crippen MR) is 153 cm³/mol. The molecule has 2 N–H and O–H groups in total. The number of methoxy groups -OCH3 is 2. The smallest absolute Gasteiger partial charge is 0.416 e. The van der Waals surface area contributed by atoms with E-state index in [2.05, 4.69) is 0 Å². The average Bonchev–Trinajstić information content (AvgIpc) is 2.99. The van der Waals surface area contributed by atoms with E-state index in [4.69, 9.17) is 26.8 Å². The third-order valence-corrected chi connectivity index (χ3v) is 7.98. The monoisotopic (exact) mass is 610 g/mol. The molecule has 1 heterocycles. The molecule has 0 aromatic heterocycles. The van der Waals surface area contributed by atoms with E-state index in [9.17, 15) is 27.6 Å². The number of carbonyl (C=O) groups is 3. The molecule has 3 aromatic carbocycles. The van der Waals surface area contributed by atoms with Crippen LogP contribution >= 0.6 is 11.6 Å². The molecule has 0 saturated heterocycles. The minimum Gasteiger partial charge on any atom is -0.468 e. The SMILES string of the molecule is COC(=O)C1=C(N)N(c2cccc(C(F)(F)F)c2)C2=C(C(=O)[C@H](C(=O)OC)[C@@H](c3ccccc3)C2)[C@H]1c1cccc(Cl)c1. The summed E-state index contributed by atoms with van der Waals surface area (Å²) < 4.78 is 51.5. The molecule has 43 heavy (non-hydrogen) atoms. The van der Waals surface area contributed by atoms with E-state index in [1.807, 2.05) is 0 Å². The average molecular weight is 611 g/mol. The van der Waals surface area contributed by atoms with E-state index in [-0.39, 0.29) is 34.8 Å². The van der Waals surface area contributed by atoms with Gasteiger partial charge in [-0.2, -0.15) is 13.2 Å². The Kier molecular flexibility index (Phi) is 8.07. The lowest BCUT2D eigenvalue weighted by molar-refractivity contribution is -0.150. The van der Waals surface area contributed by atoms with Crippen molar-refractivity contribution < 1.29 is 37.0 Å². The molecule has 3 atom stereocenters. The van der Waals surface area contributed by atoms with Crippen LogP contribution in [0.2, 0.25) is 5.02 Å². The number of Topliss-reactive ketones (excluding diaryl/α,β-unsaturated/α-hetero) is 1. The number of nitrogens with zero attached hydrogens (tertiary/aromatic N) is 1. The molecular weight excluding hydrogens is 585 g/mol.